The summed E-state index contributed by atoms with van der Waals surface area (Å²) in [6.07, 6.45) is 0.832. The fraction of sp³-hybridized carbons (Fsp3) is 0.312. The number of hydrogen-bond donors (Lipinski definition) is 1. The lowest BCUT2D eigenvalue weighted by molar-refractivity contribution is -0.132. The molecule has 7 nitrogen and oxygen atoms in total. The number of rotatable bonds is 8. The normalized spacial score (nSPS) is 16.9. The molecule has 1 atom stereocenters. The van der Waals surface area contributed by atoms with Gasteiger partial charge in [-0.15, -0.1) is 0 Å². The Labute approximate surface area is 229 Å². The van der Waals surface area contributed by atoms with E-state index in [1.54, 1.807) is 36.4 Å². The Balaban J connectivity index is 1.93. The second kappa shape index (κ2) is 11.2. The highest BCUT2D eigenvalue weighted by atomic mass is 16.5. The summed E-state index contributed by atoms with van der Waals surface area (Å²) in [7, 11) is 2.99. The van der Waals surface area contributed by atoms with Gasteiger partial charge in [-0.2, -0.15) is 0 Å². The second-order valence-electron chi connectivity index (χ2n) is 10.5. The van der Waals surface area contributed by atoms with Gasteiger partial charge >= 0.3 is 0 Å². The molecule has 0 saturated carbocycles. The molecule has 0 bridgehead atoms. The molecule has 1 saturated heterocycles. The predicted octanol–water partition coefficient (Wildman–Crippen LogP) is 6.42. The topological polar surface area (TPSA) is 85.3 Å². The highest BCUT2D eigenvalue weighted by Gasteiger charge is 2.47. The van der Waals surface area contributed by atoms with Crippen LogP contribution >= 0.6 is 0 Å². The third-order valence-electron chi connectivity index (χ3n) is 6.77. The van der Waals surface area contributed by atoms with E-state index in [-0.39, 0.29) is 22.3 Å². The molecule has 1 aliphatic heterocycles. The summed E-state index contributed by atoms with van der Waals surface area (Å²) in [4.78, 5) is 28.6. The first-order valence-electron chi connectivity index (χ1n) is 13.0. The van der Waals surface area contributed by atoms with E-state index in [0.29, 0.717) is 35.1 Å². The first-order chi connectivity index (χ1) is 18.6. The van der Waals surface area contributed by atoms with E-state index in [2.05, 4.69) is 20.8 Å². The molecule has 0 aromatic heterocycles. The van der Waals surface area contributed by atoms with Gasteiger partial charge in [-0.3, -0.25) is 14.5 Å². The van der Waals surface area contributed by atoms with Crippen LogP contribution in [0.25, 0.3) is 5.76 Å². The van der Waals surface area contributed by atoms with E-state index < -0.39 is 17.7 Å². The Morgan fingerprint density at radius 1 is 0.923 bits per heavy atom. The van der Waals surface area contributed by atoms with Crippen molar-refractivity contribution in [3.05, 3.63) is 89.0 Å². The van der Waals surface area contributed by atoms with Gasteiger partial charge < -0.3 is 19.3 Å². The zero-order chi connectivity index (χ0) is 28.3. The molecule has 0 aliphatic carbocycles. The number of benzene rings is 3. The number of nitrogens with zero attached hydrogens (tertiary/aromatic N) is 1. The lowest BCUT2D eigenvalue weighted by Gasteiger charge is -2.27. The maximum Gasteiger partial charge on any atom is 0.300 e. The van der Waals surface area contributed by atoms with Crippen LogP contribution < -0.4 is 19.1 Å². The fourth-order valence-corrected chi connectivity index (χ4v) is 4.66. The Kier molecular flexibility index (Phi) is 8.00. The largest absolute Gasteiger partial charge is 0.507 e. The summed E-state index contributed by atoms with van der Waals surface area (Å²) in [6.45, 7) is 8.89. The fourth-order valence-electron chi connectivity index (χ4n) is 4.66. The lowest BCUT2D eigenvalue weighted by Crippen LogP contribution is -2.29. The van der Waals surface area contributed by atoms with Gasteiger partial charge in [0.15, 0.2) is 0 Å². The van der Waals surface area contributed by atoms with Crippen LogP contribution in [0.2, 0.25) is 0 Å². The molecule has 0 radical (unpaired) electrons. The molecule has 1 fully saturated rings. The van der Waals surface area contributed by atoms with Gasteiger partial charge in [0.05, 0.1) is 38.0 Å². The van der Waals surface area contributed by atoms with Crippen molar-refractivity contribution in [3.63, 3.8) is 0 Å². The van der Waals surface area contributed by atoms with Crippen molar-refractivity contribution < 1.29 is 28.9 Å². The van der Waals surface area contributed by atoms with Crippen LogP contribution in [0.4, 0.5) is 5.69 Å². The van der Waals surface area contributed by atoms with Crippen LogP contribution in [0.15, 0.2) is 72.3 Å². The highest BCUT2D eigenvalue weighted by Crippen LogP contribution is 2.44. The molecule has 1 N–H and O–H groups in total. The monoisotopic (exact) mass is 529 g/mol. The molecule has 1 amide bonds. The number of hydrogen-bond acceptors (Lipinski definition) is 6. The van der Waals surface area contributed by atoms with E-state index in [0.717, 1.165) is 12.0 Å². The van der Waals surface area contributed by atoms with Crippen molar-refractivity contribution in [2.75, 3.05) is 25.7 Å². The molecule has 7 heteroatoms. The van der Waals surface area contributed by atoms with Gasteiger partial charge in [-0.25, -0.2) is 0 Å². The molecule has 1 heterocycles. The van der Waals surface area contributed by atoms with Gasteiger partial charge in [0, 0.05) is 17.8 Å². The summed E-state index contributed by atoms with van der Waals surface area (Å²) in [6, 6.07) is 18.9. The molecule has 1 unspecified atom stereocenters. The van der Waals surface area contributed by atoms with Gasteiger partial charge in [0.2, 0.25) is 0 Å². The van der Waals surface area contributed by atoms with E-state index in [1.165, 1.54) is 19.1 Å². The van der Waals surface area contributed by atoms with Gasteiger partial charge in [0.1, 0.15) is 23.0 Å². The summed E-state index contributed by atoms with van der Waals surface area (Å²) < 4.78 is 16.6. The average molecular weight is 530 g/mol. The van der Waals surface area contributed by atoms with Crippen molar-refractivity contribution in [2.24, 2.45) is 0 Å². The van der Waals surface area contributed by atoms with Crippen LogP contribution in [0.1, 0.15) is 56.8 Å². The summed E-state index contributed by atoms with van der Waals surface area (Å²) >= 11 is 0. The number of ketones is 1. The molecule has 0 spiro atoms. The molecular weight excluding hydrogens is 494 g/mol. The van der Waals surface area contributed by atoms with Crippen LogP contribution in [0.3, 0.4) is 0 Å². The third kappa shape index (κ3) is 5.48. The average Bonchev–Trinajstić information content (AvgIpc) is 3.20. The Morgan fingerprint density at radius 3 is 2.26 bits per heavy atom. The van der Waals surface area contributed by atoms with Crippen molar-refractivity contribution in [1.82, 2.24) is 0 Å². The number of Topliss-reactive ketones (excluding diaryl/α,β-unsaturated/α-hetero) is 1. The molecule has 3 aromatic carbocycles. The zero-order valence-electron chi connectivity index (χ0n) is 23.3. The minimum atomic E-state index is -0.868. The van der Waals surface area contributed by atoms with E-state index in [1.807, 2.05) is 37.3 Å². The maximum absolute atomic E-state index is 13.6. The van der Waals surface area contributed by atoms with Crippen molar-refractivity contribution in [1.29, 1.82) is 0 Å². The highest BCUT2D eigenvalue weighted by molar-refractivity contribution is 6.51. The Bertz CT molecular complexity index is 1400. The number of amides is 1. The second-order valence-corrected chi connectivity index (χ2v) is 10.5. The SMILES string of the molecule is CCCOc1cccc(N2C(=O)C(=O)/C(=C(\O)c3ccc(OC)cc3OC)C2c2ccc(C(C)(C)C)cc2)c1. The van der Waals surface area contributed by atoms with Gasteiger partial charge in [0.25, 0.3) is 11.7 Å². The van der Waals surface area contributed by atoms with E-state index in [9.17, 15) is 14.7 Å². The van der Waals surface area contributed by atoms with Crippen LogP contribution in [-0.2, 0) is 15.0 Å². The molecular formula is C32H35NO6. The van der Waals surface area contributed by atoms with Crippen molar-refractivity contribution >= 4 is 23.1 Å². The van der Waals surface area contributed by atoms with Gasteiger partial charge in [-0.1, -0.05) is 58.0 Å². The Hall–Kier alpha value is -4.26. The molecule has 4 rings (SSSR count). The quantitative estimate of drug-likeness (QED) is 0.206. The number of methoxy groups -OCH3 is 2. The minimum absolute atomic E-state index is 0.0214. The number of carbonyl (C=O) groups is 2. The number of aliphatic hydroxyl groups excluding tert-OH is 1. The molecule has 1 aliphatic rings. The van der Waals surface area contributed by atoms with Crippen molar-refractivity contribution in [2.45, 2.75) is 45.6 Å². The smallest absolute Gasteiger partial charge is 0.300 e. The predicted molar refractivity (Wildman–Crippen MR) is 152 cm³/mol. The number of carbonyl (C=O) groups excluding carboxylic acids is 2. The molecule has 39 heavy (non-hydrogen) atoms. The lowest BCUT2D eigenvalue weighted by atomic mass is 9.85. The Morgan fingerprint density at radius 2 is 1.64 bits per heavy atom. The summed E-state index contributed by atoms with van der Waals surface area (Å²) in [5.74, 6) is -0.401. The first kappa shape index (κ1) is 27.8. The minimum Gasteiger partial charge on any atom is -0.507 e. The van der Waals surface area contributed by atoms with E-state index in [4.69, 9.17) is 14.2 Å². The first-order valence-corrected chi connectivity index (χ1v) is 13.0. The number of aliphatic hydroxyl groups is 1. The van der Waals surface area contributed by atoms with Crippen LogP contribution in [-0.4, -0.2) is 37.6 Å². The molecule has 3 aromatic rings. The zero-order valence-corrected chi connectivity index (χ0v) is 23.3. The number of ether oxygens (including phenoxy) is 3. The summed E-state index contributed by atoms with van der Waals surface area (Å²) in [5.41, 5.74) is 2.48. The standard InChI is InChI=1S/C32H35NO6/c1-7-17-39-24-10-8-9-22(18-24)33-28(20-11-13-21(14-12-20)32(2,3)4)27(30(35)31(33)36)29(34)25-16-15-23(37-5)19-26(25)38-6/h8-16,18-19,28,34H,7,17H2,1-6H3/b29-27-. The van der Waals surface area contributed by atoms with Crippen LogP contribution in [0, 0.1) is 0 Å². The van der Waals surface area contributed by atoms with Crippen molar-refractivity contribution in [3.8, 4) is 17.2 Å². The maximum atomic E-state index is 13.6. The van der Waals surface area contributed by atoms with E-state index >= 15 is 0 Å². The molecule has 204 valence electrons. The third-order valence-corrected chi connectivity index (χ3v) is 6.77. The summed E-state index contributed by atoms with van der Waals surface area (Å²) in [5, 5.41) is 11.6. The van der Waals surface area contributed by atoms with Gasteiger partial charge in [-0.05, 0) is 47.2 Å². The number of anilines is 1. The van der Waals surface area contributed by atoms with Crippen LogP contribution in [0.5, 0.6) is 17.2 Å².